The predicted octanol–water partition coefficient (Wildman–Crippen LogP) is 3.95. The zero-order valence-electron chi connectivity index (χ0n) is 12.9. The van der Waals surface area contributed by atoms with Gasteiger partial charge in [0.1, 0.15) is 5.75 Å². The van der Waals surface area contributed by atoms with E-state index in [9.17, 15) is 4.79 Å². The van der Waals surface area contributed by atoms with Crippen molar-refractivity contribution in [1.82, 2.24) is 4.98 Å². The van der Waals surface area contributed by atoms with Gasteiger partial charge in [0.05, 0.1) is 15.2 Å². The number of thiazole rings is 1. The summed E-state index contributed by atoms with van der Waals surface area (Å²) in [4.78, 5) is 16.5. The maximum absolute atomic E-state index is 12.0. The molecule has 0 bridgehead atoms. The van der Waals surface area contributed by atoms with Gasteiger partial charge in [0.25, 0.3) is 0 Å². The third-order valence-electron chi connectivity index (χ3n) is 3.69. The summed E-state index contributed by atoms with van der Waals surface area (Å²) in [7, 11) is 0. The molecule has 0 unspecified atom stereocenters. The van der Waals surface area contributed by atoms with Crippen molar-refractivity contribution in [2.45, 2.75) is 19.3 Å². The third kappa shape index (κ3) is 3.19. The summed E-state index contributed by atoms with van der Waals surface area (Å²) in [6, 6.07) is 13.2. The monoisotopic (exact) mass is 341 g/mol. The molecule has 0 aliphatic carbocycles. The van der Waals surface area contributed by atoms with E-state index in [0.29, 0.717) is 30.1 Å². The fraction of sp³-hybridized carbons (Fsp3) is 0.222. The van der Waals surface area contributed by atoms with Crippen LogP contribution in [-0.4, -0.2) is 17.7 Å². The standard InChI is InChI=1S/C18H15NO4S/c20-18(23-12-8-9-14-15(10-12)22-11-21-14)7-3-6-17-19-13-4-1-2-5-16(13)24-17/h1-2,4-5,8-10H,3,6-7,11H2. The van der Waals surface area contributed by atoms with Gasteiger partial charge in [0, 0.05) is 12.5 Å². The Morgan fingerprint density at radius 1 is 1.17 bits per heavy atom. The lowest BCUT2D eigenvalue weighted by molar-refractivity contribution is -0.134. The van der Waals surface area contributed by atoms with E-state index < -0.39 is 0 Å². The Morgan fingerprint density at radius 3 is 2.96 bits per heavy atom. The van der Waals surface area contributed by atoms with E-state index in [1.165, 1.54) is 4.70 Å². The first-order valence-electron chi connectivity index (χ1n) is 7.73. The van der Waals surface area contributed by atoms with Crippen LogP contribution in [0, 0.1) is 0 Å². The first kappa shape index (κ1) is 15.0. The smallest absolute Gasteiger partial charge is 0.311 e. The van der Waals surface area contributed by atoms with Gasteiger partial charge in [-0.1, -0.05) is 12.1 Å². The van der Waals surface area contributed by atoms with Gasteiger partial charge in [0.15, 0.2) is 11.5 Å². The minimum Gasteiger partial charge on any atom is -0.454 e. The molecule has 4 rings (SSSR count). The summed E-state index contributed by atoms with van der Waals surface area (Å²) in [5, 5.41) is 1.05. The molecule has 0 amide bonds. The summed E-state index contributed by atoms with van der Waals surface area (Å²) in [5.41, 5.74) is 1.01. The van der Waals surface area contributed by atoms with Crippen LogP contribution in [-0.2, 0) is 11.2 Å². The van der Waals surface area contributed by atoms with E-state index in [1.807, 2.05) is 18.2 Å². The molecule has 1 aliphatic heterocycles. The van der Waals surface area contributed by atoms with Crippen LogP contribution in [0.1, 0.15) is 17.8 Å². The number of esters is 1. The molecule has 122 valence electrons. The Labute approximate surface area is 142 Å². The first-order chi connectivity index (χ1) is 11.8. The van der Waals surface area contributed by atoms with Crippen molar-refractivity contribution in [1.29, 1.82) is 0 Å². The summed E-state index contributed by atoms with van der Waals surface area (Å²) in [6.45, 7) is 0.203. The second kappa shape index (κ2) is 6.49. The molecule has 0 radical (unpaired) electrons. The van der Waals surface area contributed by atoms with Crippen molar-refractivity contribution < 1.29 is 19.0 Å². The molecule has 24 heavy (non-hydrogen) atoms. The highest BCUT2D eigenvalue weighted by molar-refractivity contribution is 7.18. The molecule has 3 aromatic rings. The molecule has 0 saturated heterocycles. The second-order valence-electron chi connectivity index (χ2n) is 5.42. The van der Waals surface area contributed by atoms with Gasteiger partial charge >= 0.3 is 5.97 Å². The average molecular weight is 341 g/mol. The Hall–Kier alpha value is -2.60. The topological polar surface area (TPSA) is 57.7 Å². The molecule has 1 aliphatic rings. The zero-order valence-corrected chi connectivity index (χ0v) is 13.7. The predicted molar refractivity (Wildman–Crippen MR) is 90.8 cm³/mol. The lowest BCUT2D eigenvalue weighted by atomic mass is 10.2. The number of hydrogen-bond acceptors (Lipinski definition) is 6. The molecule has 0 atom stereocenters. The van der Waals surface area contributed by atoms with Gasteiger partial charge in [-0.25, -0.2) is 4.98 Å². The van der Waals surface area contributed by atoms with E-state index in [4.69, 9.17) is 14.2 Å². The molecular formula is C18H15NO4S. The number of fused-ring (bicyclic) bond motifs is 2. The lowest BCUT2D eigenvalue weighted by Crippen LogP contribution is -2.08. The quantitative estimate of drug-likeness (QED) is 0.519. The van der Waals surface area contributed by atoms with E-state index in [2.05, 4.69) is 11.1 Å². The fourth-order valence-electron chi connectivity index (χ4n) is 2.53. The number of aryl methyl sites for hydroxylation is 1. The number of carbonyl (C=O) groups is 1. The van der Waals surface area contributed by atoms with Crippen LogP contribution >= 0.6 is 11.3 Å². The van der Waals surface area contributed by atoms with Gasteiger partial charge in [0.2, 0.25) is 6.79 Å². The van der Waals surface area contributed by atoms with Crippen LogP contribution in [0.4, 0.5) is 0 Å². The SMILES string of the molecule is O=C(CCCc1nc2ccccc2s1)Oc1ccc2c(c1)OCO2. The number of hydrogen-bond donors (Lipinski definition) is 0. The van der Waals surface area contributed by atoms with Crippen LogP contribution in [0.25, 0.3) is 10.2 Å². The van der Waals surface area contributed by atoms with Crippen LogP contribution in [0.15, 0.2) is 42.5 Å². The first-order valence-corrected chi connectivity index (χ1v) is 8.54. The largest absolute Gasteiger partial charge is 0.454 e. The normalized spacial score (nSPS) is 12.5. The lowest BCUT2D eigenvalue weighted by Gasteiger charge is -2.04. The van der Waals surface area contributed by atoms with Gasteiger partial charge < -0.3 is 14.2 Å². The van der Waals surface area contributed by atoms with Crippen LogP contribution < -0.4 is 14.2 Å². The van der Waals surface area contributed by atoms with Crippen molar-refractivity contribution in [2.75, 3.05) is 6.79 Å². The molecule has 2 aromatic carbocycles. The highest BCUT2D eigenvalue weighted by Gasteiger charge is 2.15. The van der Waals surface area contributed by atoms with Crippen molar-refractivity contribution in [2.24, 2.45) is 0 Å². The molecule has 2 heterocycles. The minimum absolute atomic E-state index is 0.203. The van der Waals surface area contributed by atoms with E-state index in [-0.39, 0.29) is 12.8 Å². The molecular weight excluding hydrogens is 326 g/mol. The van der Waals surface area contributed by atoms with Gasteiger partial charge in [-0.3, -0.25) is 4.79 Å². The maximum atomic E-state index is 12.0. The molecule has 0 N–H and O–H groups in total. The van der Waals surface area contributed by atoms with Gasteiger partial charge in [-0.15, -0.1) is 11.3 Å². The Bertz CT molecular complexity index is 857. The summed E-state index contributed by atoms with van der Waals surface area (Å²) < 4.78 is 17.0. The fourth-order valence-corrected chi connectivity index (χ4v) is 3.54. The van der Waals surface area contributed by atoms with Crippen LogP contribution in [0.2, 0.25) is 0 Å². The third-order valence-corrected chi connectivity index (χ3v) is 4.78. The van der Waals surface area contributed by atoms with E-state index >= 15 is 0 Å². The van der Waals surface area contributed by atoms with Crippen LogP contribution in [0.5, 0.6) is 17.2 Å². The van der Waals surface area contributed by atoms with E-state index in [0.717, 1.165) is 16.9 Å². The van der Waals surface area contributed by atoms with Gasteiger partial charge in [-0.2, -0.15) is 0 Å². The van der Waals surface area contributed by atoms with Crippen molar-refractivity contribution in [3.05, 3.63) is 47.5 Å². The number of nitrogens with zero attached hydrogens (tertiary/aromatic N) is 1. The highest BCUT2D eigenvalue weighted by atomic mass is 32.1. The van der Waals surface area contributed by atoms with E-state index in [1.54, 1.807) is 29.5 Å². The molecule has 6 heteroatoms. The minimum atomic E-state index is -0.255. The van der Waals surface area contributed by atoms with Gasteiger partial charge in [-0.05, 0) is 37.1 Å². The van der Waals surface area contributed by atoms with Crippen molar-refractivity contribution >= 4 is 27.5 Å². The summed E-state index contributed by atoms with van der Waals surface area (Å²) >= 11 is 1.67. The number of aromatic nitrogens is 1. The zero-order chi connectivity index (χ0) is 16.4. The number of carbonyl (C=O) groups excluding carboxylic acids is 1. The number of benzene rings is 2. The summed E-state index contributed by atoms with van der Waals surface area (Å²) in [5.74, 6) is 1.50. The molecule has 5 nitrogen and oxygen atoms in total. The Morgan fingerprint density at radius 2 is 2.04 bits per heavy atom. The second-order valence-corrected chi connectivity index (χ2v) is 6.53. The molecule has 0 saturated carbocycles. The molecule has 0 spiro atoms. The average Bonchev–Trinajstić information content (AvgIpc) is 3.20. The van der Waals surface area contributed by atoms with Crippen molar-refractivity contribution in [3.63, 3.8) is 0 Å². The number of para-hydroxylation sites is 1. The Kier molecular flexibility index (Phi) is 4.04. The van der Waals surface area contributed by atoms with Crippen molar-refractivity contribution in [3.8, 4) is 17.2 Å². The molecule has 1 aromatic heterocycles. The highest BCUT2D eigenvalue weighted by Crippen LogP contribution is 2.35. The molecule has 0 fully saturated rings. The maximum Gasteiger partial charge on any atom is 0.311 e. The Balaban J connectivity index is 1.30. The summed E-state index contributed by atoms with van der Waals surface area (Å²) in [6.07, 6.45) is 1.84. The number of rotatable bonds is 5. The number of ether oxygens (including phenoxy) is 3. The van der Waals surface area contributed by atoms with Crippen LogP contribution in [0.3, 0.4) is 0 Å².